The molecule has 6 atom stereocenters. The van der Waals surface area contributed by atoms with Gasteiger partial charge in [0.2, 0.25) is 19.4 Å². The van der Waals surface area contributed by atoms with E-state index in [4.69, 9.17) is 93.3 Å². The topological polar surface area (TPSA) is 263 Å². The molecule has 2 aromatic rings. The Labute approximate surface area is 510 Å². The molecule has 4 amide bonds. The molecule has 0 unspecified atom stereocenters. The number of carbonyl (C=O) groups is 9. The number of likely N-dealkylation sites (tertiary alicyclic amines) is 1. The van der Waals surface area contributed by atoms with Crippen molar-refractivity contribution < 1.29 is 71.9 Å². The van der Waals surface area contributed by atoms with Crippen molar-refractivity contribution in [1.29, 1.82) is 0 Å². The highest BCUT2D eigenvalue weighted by Gasteiger charge is 2.36. The van der Waals surface area contributed by atoms with Crippen LogP contribution >= 0.6 is 69.6 Å². The van der Waals surface area contributed by atoms with E-state index in [1.165, 1.54) is 11.9 Å². The predicted octanol–water partition coefficient (Wildman–Crippen LogP) is 9.20. The Morgan fingerprint density at radius 2 is 1.10 bits per heavy atom. The summed E-state index contributed by atoms with van der Waals surface area (Å²) in [4.78, 5) is 112. The summed E-state index contributed by atoms with van der Waals surface area (Å²) >= 11 is 33.6. The minimum atomic E-state index is -1.75. The number of ether oxygens (including phenoxy) is 5. The van der Waals surface area contributed by atoms with Gasteiger partial charge in [-0.25, -0.2) is 10.2 Å². The average molecular weight is 1270 g/mol. The number of carboxylic acids is 1. The lowest BCUT2D eigenvalue weighted by Crippen LogP contribution is -2.60. The summed E-state index contributed by atoms with van der Waals surface area (Å²) in [6, 6.07) is 15.6. The molecule has 460 valence electrons. The lowest BCUT2D eigenvalue weighted by atomic mass is 9.96. The Bertz CT molecular complexity index is 2430. The fraction of sp³-hybridized carbons (Fsp3) is 0.625. The predicted molar refractivity (Wildman–Crippen MR) is 312 cm³/mol. The quantitative estimate of drug-likeness (QED) is 0.0616. The van der Waals surface area contributed by atoms with Gasteiger partial charge in [0.15, 0.2) is 0 Å². The third-order valence-electron chi connectivity index (χ3n) is 11.4. The van der Waals surface area contributed by atoms with Crippen molar-refractivity contribution in [3.8, 4) is 0 Å². The number of aliphatic carboxylic acids is 1. The van der Waals surface area contributed by atoms with E-state index in [1.807, 2.05) is 60.7 Å². The van der Waals surface area contributed by atoms with Gasteiger partial charge in [-0.3, -0.25) is 43.4 Å². The fourth-order valence-electron chi connectivity index (χ4n) is 7.89. The van der Waals surface area contributed by atoms with Crippen LogP contribution in [0.15, 0.2) is 60.7 Å². The molecule has 2 saturated heterocycles. The number of hydrazine groups is 1. The lowest BCUT2D eigenvalue weighted by Gasteiger charge is -2.34. The molecule has 4 rings (SSSR count). The summed E-state index contributed by atoms with van der Waals surface area (Å²) in [5.74, 6) is -5.99. The van der Waals surface area contributed by atoms with Gasteiger partial charge in [-0.05, 0) is 112 Å². The van der Waals surface area contributed by atoms with Crippen LogP contribution in [-0.2, 0) is 74.9 Å². The molecule has 2 aromatic carbocycles. The summed E-state index contributed by atoms with van der Waals surface area (Å²) in [6.45, 7) is 19.3. The van der Waals surface area contributed by atoms with E-state index < -0.39 is 115 Å². The van der Waals surface area contributed by atoms with E-state index in [1.54, 1.807) is 74.1 Å². The number of hydrogen-bond acceptors (Lipinski definition) is 15. The first-order valence-corrected chi connectivity index (χ1v) is 28.8. The van der Waals surface area contributed by atoms with Crippen molar-refractivity contribution in [3.63, 3.8) is 0 Å². The number of esters is 4. The van der Waals surface area contributed by atoms with Crippen LogP contribution in [-0.4, -0.2) is 144 Å². The first kappa shape index (κ1) is 73.3. The van der Waals surface area contributed by atoms with Crippen molar-refractivity contribution in [1.82, 2.24) is 26.0 Å². The zero-order valence-corrected chi connectivity index (χ0v) is 52.8. The Morgan fingerprint density at radius 3 is 1.59 bits per heavy atom. The van der Waals surface area contributed by atoms with Crippen LogP contribution < -0.4 is 16.1 Å². The van der Waals surface area contributed by atoms with Crippen molar-refractivity contribution in [2.24, 2.45) is 17.8 Å². The lowest BCUT2D eigenvalue weighted by molar-refractivity contribution is -0.159. The van der Waals surface area contributed by atoms with Crippen molar-refractivity contribution in [3.05, 3.63) is 71.8 Å². The minimum absolute atomic E-state index is 0.00498. The molecule has 0 radical (unpaired) electrons. The van der Waals surface area contributed by atoms with Gasteiger partial charge in [-0.1, -0.05) is 137 Å². The van der Waals surface area contributed by atoms with Gasteiger partial charge < -0.3 is 44.3 Å². The maximum atomic E-state index is 13.1. The van der Waals surface area contributed by atoms with Gasteiger partial charge in [0.1, 0.15) is 48.1 Å². The van der Waals surface area contributed by atoms with E-state index in [0.717, 1.165) is 11.1 Å². The zero-order valence-electron chi connectivity index (χ0n) is 48.3. The standard InChI is InChI=1S/C24H33Cl3N4O6.C17H26Cl3NO5.C15H20O4/c1-15(20(33)31-12-8-11-17(30-31)21(34)36-14-24(25,26)27)28-19(32)18(13-16-9-6-5-7-10-16)29-22(35)37-23(2,3)4;1-11(8-13(22)26-16(2,3)4)14(23)21-7-5-6-12(9-21)15(24)25-10-17(18,19)20;1-15(2,3)19-13(16)10-12(14(17)18)9-11-7-5-4-6-8-11/h5-7,9-10,15,17-18,30H,8,11-14H2,1-4H3,(H,28,32)(H,29,35);11-12H,5-10H2,1-4H3;4-8,12H,9-10H2,1-3H3,(H,17,18)/t15-,17-,18-;11-,12-;12-/m011/s1. The number of amides is 4. The number of carbonyl (C=O) groups excluding carboxylic acids is 8. The van der Waals surface area contributed by atoms with Crippen LogP contribution in [0.4, 0.5) is 4.79 Å². The molecule has 26 heteroatoms. The highest BCUT2D eigenvalue weighted by molar-refractivity contribution is 6.68. The summed E-state index contributed by atoms with van der Waals surface area (Å²) in [6.07, 6.45) is 1.85. The van der Waals surface area contributed by atoms with E-state index >= 15 is 0 Å². The zero-order chi connectivity index (χ0) is 62.4. The van der Waals surface area contributed by atoms with Gasteiger partial charge in [-0.15, -0.1) is 0 Å². The van der Waals surface area contributed by atoms with Crippen LogP contribution in [0.2, 0.25) is 0 Å². The van der Waals surface area contributed by atoms with E-state index in [0.29, 0.717) is 45.2 Å². The van der Waals surface area contributed by atoms with E-state index in [2.05, 4.69) is 16.1 Å². The maximum absolute atomic E-state index is 13.1. The molecular weight excluding hydrogens is 1200 g/mol. The number of halogens is 6. The van der Waals surface area contributed by atoms with Crippen LogP contribution in [0, 0.1) is 17.8 Å². The molecule has 2 aliphatic rings. The average Bonchev–Trinajstić information content (AvgIpc) is 3.40. The second-order valence-electron chi connectivity index (χ2n) is 22.7. The number of alkyl halides is 6. The molecule has 2 aliphatic heterocycles. The van der Waals surface area contributed by atoms with Crippen LogP contribution in [0.1, 0.15) is 126 Å². The molecule has 4 N–H and O–H groups in total. The molecule has 2 fully saturated rings. The molecule has 0 aromatic heterocycles. The van der Waals surface area contributed by atoms with E-state index in [-0.39, 0.29) is 38.3 Å². The molecule has 0 spiro atoms. The molecule has 82 heavy (non-hydrogen) atoms. The molecule has 0 bridgehead atoms. The molecule has 0 aliphatic carbocycles. The Balaban J connectivity index is 0.000000446. The van der Waals surface area contributed by atoms with Gasteiger partial charge in [0.25, 0.3) is 5.91 Å². The number of piperidine rings is 1. The number of alkyl carbamates (subject to hydrolysis) is 1. The van der Waals surface area contributed by atoms with Gasteiger partial charge in [0, 0.05) is 32.0 Å². The third-order valence-corrected chi connectivity index (χ3v) is 12.1. The number of rotatable bonds is 18. The number of benzene rings is 2. The summed E-state index contributed by atoms with van der Waals surface area (Å²) < 4.78 is 22.3. The maximum Gasteiger partial charge on any atom is 0.408 e. The van der Waals surface area contributed by atoms with Crippen molar-refractivity contribution >= 4 is 123 Å². The SMILES string of the molecule is CC(C)(C)OC(=O)C[C@@H](Cc1ccccc1)C(=O)O.C[C@H](CC(=O)OC(C)(C)C)C(=O)N1CCC[C@@H](C(=O)OCC(Cl)(Cl)Cl)C1.C[C@H](NC(=O)[C@H](Cc1ccccc1)NC(=O)OC(C)(C)C)C(=O)N1CCC[C@@H](C(=O)OCC(Cl)(Cl)Cl)N1. The monoisotopic (exact) mass is 1270 g/mol. The highest BCUT2D eigenvalue weighted by Crippen LogP contribution is 2.29. The first-order valence-electron chi connectivity index (χ1n) is 26.6. The second kappa shape index (κ2) is 33.6. The van der Waals surface area contributed by atoms with Gasteiger partial charge >= 0.3 is 35.9 Å². The Kier molecular flexibility index (Phi) is 30.0. The number of carboxylic acid groups (broad SMARTS) is 1. The summed E-state index contributed by atoms with van der Waals surface area (Å²) in [5, 5.41) is 15.7. The molecular formula is C56H79Cl6N5O15. The molecule has 2 heterocycles. The highest BCUT2D eigenvalue weighted by atomic mass is 35.6. The second-order valence-corrected chi connectivity index (χ2v) is 27.7. The van der Waals surface area contributed by atoms with Gasteiger partial charge in [-0.2, -0.15) is 0 Å². The van der Waals surface area contributed by atoms with Crippen LogP contribution in [0.25, 0.3) is 0 Å². The third kappa shape index (κ3) is 31.7. The first-order chi connectivity index (χ1) is 37.7. The smallest absolute Gasteiger partial charge is 0.408 e. The van der Waals surface area contributed by atoms with E-state index in [9.17, 15) is 48.3 Å². The molecule has 0 saturated carbocycles. The van der Waals surface area contributed by atoms with Crippen molar-refractivity contribution in [2.75, 3.05) is 32.8 Å². The summed E-state index contributed by atoms with van der Waals surface area (Å²) in [7, 11) is 0. The van der Waals surface area contributed by atoms with Gasteiger partial charge in [0.05, 0.1) is 24.7 Å². The fourth-order valence-corrected chi connectivity index (χ4v) is 8.22. The minimum Gasteiger partial charge on any atom is -0.481 e. The number of nitrogens with one attached hydrogen (secondary N) is 3. The largest absolute Gasteiger partial charge is 0.481 e. The summed E-state index contributed by atoms with van der Waals surface area (Å²) in [5.41, 5.74) is 2.58. The number of nitrogens with zero attached hydrogens (tertiary/aromatic N) is 2. The van der Waals surface area contributed by atoms with Crippen LogP contribution in [0.3, 0.4) is 0 Å². The Hall–Kier alpha value is -4.83. The molecule has 20 nitrogen and oxygen atoms in total. The van der Waals surface area contributed by atoms with Crippen molar-refractivity contribution in [2.45, 2.75) is 170 Å². The van der Waals surface area contributed by atoms with Crippen LogP contribution in [0.5, 0.6) is 0 Å². The number of hydrogen-bond donors (Lipinski definition) is 4. The Morgan fingerprint density at radius 1 is 0.622 bits per heavy atom. The normalized spacial score (nSPS) is 17.2.